The average Bonchev–Trinajstić information content (AvgIpc) is 2.34. The van der Waals surface area contributed by atoms with Crippen LogP contribution in [-0.2, 0) is 0 Å². The summed E-state index contributed by atoms with van der Waals surface area (Å²) in [5.74, 6) is -0.128. The number of amides is 1. The van der Waals surface area contributed by atoms with Gasteiger partial charge in [0.15, 0.2) is 0 Å². The highest BCUT2D eigenvalue weighted by Crippen LogP contribution is 2.05. The van der Waals surface area contributed by atoms with E-state index in [-0.39, 0.29) is 5.91 Å². The summed E-state index contributed by atoms with van der Waals surface area (Å²) < 4.78 is 0. The summed E-state index contributed by atoms with van der Waals surface area (Å²) in [7, 11) is 0. The molecule has 16 heavy (non-hydrogen) atoms. The third-order valence-electron chi connectivity index (χ3n) is 1.98. The van der Waals surface area contributed by atoms with Gasteiger partial charge in [-0.25, -0.2) is 4.98 Å². The first kappa shape index (κ1) is 12.2. The number of pyridine rings is 1. The Labute approximate surface area is 95.8 Å². The zero-order valence-corrected chi connectivity index (χ0v) is 9.49. The Bertz CT molecular complexity index is 346. The fraction of sp³-hybridized carbons (Fsp3) is 0.333. The first-order valence-electron chi connectivity index (χ1n) is 5.37. The minimum absolute atomic E-state index is 0.128. The molecule has 2 N–H and O–H groups in total. The minimum Gasteiger partial charge on any atom is -0.380 e. The maximum absolute atomic E-state index is 11.5. The largest absolute Gasteiger partial charge is 0.380 e. The van der Waals surface area contributed by atoms with Gasteiger partial charge in [-0.1, -0.05) is 13.0 Å². The molecule has 1 aromatic rings. The number of carbonyl (C=O) groups excluding carboxylic acids is 1. The molecule has 0 unspecified atom stereocenters. The van der Waals surface area contributed by atoms with Crippen LogP contribution >= 0.6 is 0 Å². The lowest BCUT2D eigenvalue weighted by Gasteiger charge is -2.05. The number of hydrogen-bond donors (Lipinski definition) is 2. The van der Waals surface area contributed by atoms with Crippen LogP contribution in [0.15, 0.2) is 31.0 Å². The molecule has 0 bridgehead atoms. The molecule has 4 heteroatoms. The number of aromatic nitrogens is 1. The number of anilines is 1. The van der Waals surface area contributed by atoms with Crippen LogP contribution in [0.1, 0.15) is 23.8 Å². The second kappa shape index (κ2) is 6.61. The predicted octanol–water partition coefficient (Wildman–Crippen LogP) is 1.82. The zero-order valence-electron chi connectivity index (χ0n) is 9.49. The normalized spacial score (nSPS) is 9.56. The molecular weight excluding hydrogens is 202 g/mol. The monoisotopic (exact) mass is 219 g/mol. The van der Waals surface area contributed by atoms with Gasteiger partial charge in [-0.15, -0.1) is 6.58 Å². The molecule has 0 atom stereocenters. The topological polar surface area (TPSA) is 54.0 Å². The standard InChI is InChI=1S/C12H17N3O/c1-3-7-13-10-5-6-11(15-9-10)12(16)14-8-4-2/h3,5-6,9,13H,1,4,7-8H2,2H3,(H,14,16). The summed E-state index contributed by atoms with van der Waals surface area (Å²) >= 11 is 0. The zero-order chi connectivity index (χ0) is 11.8. The van der Waals surface area contributed by atoms with Crippen molar-refractivity contribution in [2.45, 2.75) is 13.3 Å². The molecule has 0 radical (unpaired) electrons. The summed E-state index contributed by atoms with van der Waals surface area (Å²) in [5.41, 5.74) is 1.32. The molecule has 0 saturated carbocycles. The molecule has 0 aromatic carbocycles. The van der Waals surface area contributed by atoms with E-state index < -0.39 is 0 Å². The van der Waals surface area contributed by atoms with Crippen molar-refractivity contribution in [1.29, 1.82) is 0 Å². The van der Waals surface area contributed by atoms with Crippen LogP contribution < -0.4 is 10.6 Å². The summed E-state index contributed by atoms with van der Waals surface area (Å²) in [6.07, 6.45) is 4.33. The highest BCUT2D eigenvalue weighted by atomic mass is 16.1. The second-order valence-electron chi connectivity index (χ2n) is 3.36. The van der Waals surface area contributed by atoms with E-state index in [4.69, 9.17) is 0 Å². The molecule has 0 aliphatic carbocycles. The van der Waals surface area contributed by atoms with Crippen LogP contribution in [0.2, 0.25) is 0 Å². The number of nitrogens with zero attached hydrogens (tertiary/aromatic N) is 1. The Morgan fingerprint density at radius 1 is 1.56 bits per heavy atom. The molecule has 1 heterocycles. The van der Waals surface area contributed by atoms with Crippen LogP contribution in [0.25, 0.3) is 0 Å². The summed E-state index contributed by atoms with van der Waals surface area (Å²) in [6.45, 7) is 6.98. The lowest BCUT2D eigenvalue weighted by Crippen LogP contribution is -2.24. The predicted molar refractivity (Wildman–Crippen MR) is 65.5 cm³/mol. The fourth-order valence-electron chi connectivity index (χ4n) is 1.15. The highest BCUT2D eigenvalue weighted by Gasteiger charge is 2.04. The van der Waals surface area contributed by atoms with Gasteiger partial charge in [0, 0.05) is 13.1 Å². The van der Waals surface area contributed by atoms with Crippen molar-refractivity contribution in [1.82, 2.24) is 10.3 Å². The molecule has 0 saturated heterocycles. The molecule has 86 valence electrons. The lowest BCUT2D eigenvalue weighted by molar-refractivity contribution is 0.0949. The SMILES string of the molecule is C=CCNc1ccc(C(=O)NCCC)nc1. The Morgan fingerprint density at radius 3 is 2.94 bits per heavy atom. The maximum atomic E-state index is 11.5. The van der Waals surface area contributed by atoms with Gasteiger partial charge < -0.3 is 10.6 Å². The van der Waals surface area contributed by atoms with Crippen molar-refractivity contribution in [2.75, 3.05) is 18.4 Å². The first-order chi connectivity index (χ1) is 7.77. The Hall–Kier alpha value is -1.84. The summed E-state index contributed by atoms with van der Waals surface area (Å²) in [4.78, 5) is 15.6. The van der Waals surface area contributed by atoms with Crippen LogP contribution in [0.5, 0.6) is 0 Å². The fourth-order valence-corrected chi connectivity index (χ4v) is 1.15. The van der Waals surface area contributed by atoms with E-state index in [2.05, 4.69) is 22.2 Å². The van der Waals surface area contributed by atoms with Gasteiger partial charge in [0.05, 0.1) is 11.9 Å². The molecule has 1 rings (SSSR count). The molecule has 0 aliphatic rings. The van der Waals surface area contributed by atoms with Gasteiger partial charge in [0.25, 0.3) is 5.91 Å². The molecular formula is C12H17N3O. The van der Waals surface area contributed by atoms with E-state index in [9.17, 15) is 4.79 Å². The minimum atomic E-state index is -0.128. The molecule has 0 fully saturated rings. The number of carbonyl (C=O) groups is 1. The number of rotatable bonds is 6. The molecule has 4 nitrogen and oxygen atoms in total. The Kier molecular flexibility index (Phi) is 5.05. The third kappa shape index (κ3) is 3.73. The van der Waals surface area contributed by atoms with Crippen LogP contribution in [-0.4, -0.2) is 24.0 Å². The number of nitrogens with one attached hydrogen (secondary N) is 2. The van der Waals surface area contributed by atoms with E-state index in [1.54, 1.807) is 18.3 Å². The molecule has 0 aliphatic heterocycles. The third-order valence-corrected chi connectivity index (χ3v) is 1.98. The van der Waals surface area contributed by atoms with Crippen LogP contribution in [0, 0.1) is 0 Å². The van der Waals surface area contributed by atoms with Gasteiger partial charge in [-0.05, 0) is 18.6 Å². The van der Waals surface area contributed by atoms with Crippen molar-refractivity contribution in [3.8, 4) is 0 Å². The van der Waals surface area contributed by atoms with Crippen LogP contribution in [0.3, 0.4) is 0 Å². The second-order valence-corrected chi connectivity index (χ2v) is 3.36. The van der Waals surface area contributed by atoms with Gasteiger partial charge in [-0.3, -0.25) is 4.79 Å². The quantitative estimate of drug-likeness (QED) is 0.717. The van der Waals surface area contributed by atoms with Crippen molar-refractivity contribution in [3.05, 3.63) is 36.7 Å². The summed E-state index contributed by atoms with van der Waals surface area (Å²) in [5, 5.41) is 5.86. The van der Waals surface area contributed by atoms with Crippen molar-refractivity contribution in [2.24, 2.45) is 0 Å². The van der Waals surface area contributed by atoms with Crippen LogP contribution in [0.4, 0.5) is 5.69 Å². The van der Waals surface area contributed by atoms with E-state index in [0.717, 1.165) is 12.1 Å². The van der Waals surface area contributed by atoms with E-state index in [1.807, 2.05) is 13.0 Å². The average molecular weight is 219 g/mol. The van der Waals surface area contributed by atoms with Crippen molar-refractivity contribution >= 4 is 11.6 Å². The lowest BCUT2D eigenvalue weighted by atomic mass is 10.3. The highest BCUT2D eigenvalue weighted by molar-refractivity contribution is 5.92. The van der Waals surface area contributed by atoms with Gasteiger partial charge >= 0.3 is 0 Å². The first-order valence-corrected chi connectivity index (χ1v) is 5.37. The van der Waals surface area contributed by atoms with Gasteiger partial charge in [0.2, 0.25) is 0 Å². The molecule has 1 amide bonds. The van der Waals surface area contributed by atoms with Gasteiger partial charge in [0.1, 0.15) is 5.69 Å². The molecule has 1 aromatic heterocycles. The Morgan fingerprint density at radius 2 is 2.38 bits per heavy atom. The number of hydrogen-bond acceptors (Lipinski definition) is 3. The smallest absolute Gasteiger partial charge is 0.269 e. The summed E-state index contributed by atoms with van der Waals surface area (Å²) in [6, 6.07) is 3.54. The van der Waals surface area contributed by atoms with E-state index >= 15 is 0 Å². The Balaban J connectivity index is 2.56. The van der Waals surface area contributed by atoms with Crippen molar-refractivity contribution in [3.63, 3.8) is 0 Å². The molecule has 0 spiro atoms. The van der Waals surface area contributed by atoms with Gasteiger partial charge in [-0.2, -0.15) is 0 Å². The van der Waals surface area contributed by atoms with E-state index in [0.29, 0.717) is 18.8 Å². The maximum Gasteiger partial charge on any atom is 0.269 e. The van der Waals surface area contributed by atoms with E-state index in [1.165, 1.54) is 0 Å². The van der Waals surface area contributed by atoms with Crippen molar-refractivity contribution < 1.29 is 4.79 Å².